The summed E-state index contributed by atoms with van der Waals surface area (Å²) in [6.07, 6.45) is 2.53. The molecule has 0 aromatic heterocycles. The molecule has 1 fully saturated rings. The molecule has 0 saturated carbocycles. The third-order valence-corrected chi connectivity index (χ3v) is 3.75. The van der Waals surface area contributed by atoms with Crippen molar-refractivity contribution in [3.63, 3.8) is 0 Å². The van der Waals surface area contributed by atoms with Gasteiger partial charge < -0.3 is 16.0 Å². The molecule has 3 N–H and O–H groups in total. The third-order valence-electron chi connectivity index (χ3n) is 3.29. The van der Waals surface area contributed by atoms with E-state index in [1.165, 1.54) is 12.8 Å². The highest BCUT2D eigenvalue weighted by molar-refractivity contribution is 9.10. The Hall–Kier alpha value is -1.07. The van der Waals surface area contributed by atoms with E-state index >= 15 is 0 Å². The number of nitrogens with one attached hydrogen (secondary N) is 1. The smallest absolute Gasteiger partial charge is 0.251 e. The van der Waals surface area contributed by atoms with Crippen LogP contribution in [-0.2, 0) is 0 Å². The van der Waals surface area contributed by atoms with Crippen molar-refractivity contribution in [2.24, 2.45) is 0 Å². The standard InChI is InChI=1S/C14H20BrN3O/c1-10(9-18-4-2-3-5-18)17-14(19)11-6-12(15)8-13(16)7-11/h6-8,10H,2-5,9,16H2,1H3,(H,17,19). The molecule has 0 aliphatic carbocycles. The number of halogens is 1. The first-order valence-electron chi connectivity index (χ1n) is 6.64. The third kappa shape index (κ3) is 4.21. The van der Waals surface area contributed by atoms with E-state index in [-0.39, 0.29) is 11.9 Å². The molecule has 1 heterocycles. The molecular weight excluding hydrogens is 306 g/mol. The van der Waals surface area contributed by atoms with E-state index in [1.807, 2.05) is 6.92 Å². The molecule has 1 amide bonds. The molecule has 0 bridgehead atoms. The van der Waals surface area contributed by atoms with Gasteiger partial charge in [0, 0.05) is 28.3 Å². The zero-order valence-electron chi connectivity index (χ0n) is 11.2. The number of anilines is 1. The predicted octanol–water partition coefficient (Wildman–Crippen LogP) is 2.25. The van der Waals surface area contributed by atoms with Crippen LogP contribution < -0.4 is 11.1 Å². The Morgan fingerprint density at radius 3 is 2.74 bits per heavy atom. The lowest BCUT2D eigenvalue weighted by atomic mass is 10.2. The Bertz CT molecular complexity index is 438. The van der Waals surface area contributed by atoms with Crippen molar-refractivity contribution in [3.8, 4) is 0 Å². The Balaban J connectivity index is 1.92. The maximum atomic E-state index is 12.1. The zero-order chi connectivity index (χ0) is 13.8. The number of benzene rings is 1. The average molecular weight is 326 g/mol. The molecule has 1 aromatic carbocycles. The molecule has 1 aliphatic heterocycles. The second-order valence-corrected chi connectivity index (χ2v) is 6.07. The van der Waals surface area contributed by atoms with Gasteiger partial charge in [-0.3, -0.25) is 4.79 Å². The number of likely N-dealkylation sites (tertiary alicyclic amines) is 1. The summed E-state index contributed by atoms with van der Waals surface area (Å²) in [5.41, 5.74) is 6.93. The summed E-state index contributed by atoms with van der Waals surface area (Å²) in [6.45, 7) is 5.24. The number of nitrogens with two attached hydrogens (primary N) is 1. The van der Waals surface area contributed by atoms with Crippen LogP contribution in [0.2, 0.25) is 0 Å². The Morgan fingerprint density at radius 2 is 2.11 bits per heavy atom. The van der Waals surface area contributed by atoms with Gasteiger partial charge in [-0.1, -0.05) is 15.9 Å². The quantitative estimate of drug-likeness (QED) is 0.835. The van der Waals surface area contributed by atoms with Crippen molar-refractivity contribution in [3.05, 3.63) is 28.2 Å². The lowest BCUT2D eigenvalue weighted by Crippen LogP contribution is -2.41. The normalized spacial score (nSPS) is 17.4. The lowest BCUT2D eigenvalue weighted by molar-refractivity contribution is 0.0932. The summed E-state index contributed by atoms with van der Waals surface area (Å²) < 4.78 is 0.824. The van der Waals surface area contributed by atoms with Crippen molar-refractivity contribution in [1.82, 2.24) is 10.2 Å². The molecule has 5 heteroatoms. The summed E-state index contributed by atoms with van der Waals surface area (Å²) in [5.74, 6) is -0.0697. The Labute approximate surface area is 122 Å². The minimum absolute atomic E-state index is 0.0697. The predicted molar refractivity (Wildman–Crippen MR) is 81.2 cm³/mol. The van der Waals surface area contributed by atoms with Gasteiger partial charge in [-0.05, 0) is 51.1 Å². The lowest BCUT2D eigenvalue weighted by Gasteiger charge is -2.21. The van der Waals surface area contributed by atoms with Crippen LogP contribution in [0.3, 0.4) is 0 Å². The molecule has 1 saturated heterocycles. The first kappa shape index (κ1) is 14.3. The molecular formula is C14H20BrN3O. The van der Waals surface area contributed by atoms with E-state index in [9.17, 15) is 4.79 Å². The van der Waals surface area contributed by atoms with Gasteiger partial charge in [0.15, 0.2) is 0 Å². The fraction of sp³-hybridized carbons (Fsp3) is 0.500. The van der Waals surface area contributed by atoms with Gasteiger partial charge in [-0.25, -0.2) is 0 Å². The molecule has 1 unspecified atom stereocenters. The second kappa shape index (κ2) is 6.39. The maximum Gasteiger partial charge on any atom is 0.251 e. The van der Waals surface area contributed by atoms with E-state index in [1.54, 1.807) is 18.2 Å². The number of amides is 1. The van der Waals surface area contributed by atoms with E-state index in [4.69, 9.17) is 5.73 Å². The SMILES string of the molecule is CC(CN1CCCC1)NC(=O)c1cc(N)cc(Br)c1. The first-order valence-corrected chi connectivity index (χ1v) is 7.43. The Morgan fingerprint density at radius 1 is 1.42 bits per heavy atom. The molecule has 2 rings (SSSR count). The van der Waals surface area contributed by atoms with E-state index in [0.717, 1.165) is 24.1 Å². The van der Waals surface area contributed by atoms with Gasteiger partial charge in [0.1, 0.15) is 0 Å². The molecule has 104 valence electrons. The monoisotopic (exact) mass is 325 g/mol. The van der Waals surface area contributed by atoms with Crippen LogP contribution in [0.25, 0.3) is 0 Å². The fourth-order valence-corrected chi connectivity index (χ4v) is 2.96. The number of nitrogen functional groups attached to an aromatic ring is 1. The van der Waals surface area contributed by atoms with Crippen LogP contribution in [-0.4, -0.2) is 36.5 Å². The van der Waals surface area contributed by atoms with Crippen LogP contribution in [0, 0.1) is 0 Å². The molecule has 0 spiro atoms. The van der Waals surface area contributed by atoms with Gasteiger partial charge in [0.05, 0.1) is 0 Å². The molecule has 1 aliphatic rings. The number of hydrogen-bond donors (Lipinski definition) is 2. The number of nitrogens with zero attached hydrogens (tertiary/aromatic N) is 1. The minimum Gasteiger partial charge on any atom is -0.399 e. The highest BCUT2D eigenvalue weighted by atomic mass is 79.9. The van der Waals surface area contributed by atoms with Crippen molar-refractivity contribution in [1.29, 1.82) is 0 Å². The number of carbonyl (C=O) groups is 1. The van der Waals surface area contributed by atoms with Crippen molar-refractivity contribution in [2.45, 2.75) is 25.8 Å². The van der Waals surface area contributed by atoms with E-state index in [0.29, 0.717) is 11.3 Å². The van der Waals surface area contributed by atoms with Crippen molar-refractivity contribution < 1.29 is 4.79 Å². The molecule has 19 heavy (non-hydrogen) atoms. The zero-order valence-corrected chi connectivity index (χ0v) is 12.7. The summed E-state index contributed by atoms with van der Waals surface area (Å²) in [5, 5.41) is 3.02. The summed E-state index contributed by atoms with van der Waals surface area (Å²) in [4.78, 5) is 14.5. The highest BCUT2D eigenvalue weighted by Crippen LogP contribution is 2.17. The van der Waals surface area contributed by atoms with Crippen LogP contribution in [0.1, 0.15) is 30.1 Å². The largest absolute Gasteiger partial charge is 0.399 e. The molecule has 1 atom stereocenters. The van der Waals surface area contributed by atoms with Gasteiger partial charge >= 0.3 is 0 Å². The maximum absolute atomic E-state index is 12.1. The second-order valence-electron chi connectivity index (χ2n) is 5.16. The summed E-state index contributed by atoms with van der Waals surface area (Å²) >= 11 is 3.35. The fourth-order valence-electron chi connectivity index (χ4n) is 2.45. The van der Waals surface area contributed by atoms with E-state index < -0.39 is 0 Å². The summed E-state index contributed by atoms with van der Waals surface area (Å²) in [7, 11) is 0. The first-order chi connectivity index (χ1) is 9.04. The Kier molecular flexibility index (Phi) is 4.82. The topological polar surface area (TPSA) is 58.4 Å². The van der Waals surface area contributed by atoms with Crippen molar-refractivity contribution >= 4 is 27.5 Å². The van der Waals surface area contributed by atoms with E-state index in [2.05, 4.69) is 26.1 Å². The van der Waals surface area contributed by atoms with Gasteiger partial charge in [-0.15, -0.1) is 0 Å². The molecule has 4 nitrogen and oxygen atoms in total. The number of hydrogen-bond acceptors (Lipinski definition) is 3. The van der Waals surface area contributed by atoms with Gasteiger partial charge in [0.25, 0.3) is 5.91 Å². The average Bonchev–Trinajstić information content (AvgIpc) is 2.80. The van der Waals surface area contributed by atoms with Gasteiger partial charge in [-0.2, -0.15) is 0 Å². The number of carbonyl (C=O) groups excluding carboxylic acids is 1. The molecule has 0 radical (unpaired) electrons. The van der Waals surface area contributed by atoms with Crippen LogP contribution >= 0.6 is 15.9 Å². The number of rotatable bonds is 4. The molecule has 1 aromatic rings. The van der Waals surface area contributed by atoms with Crippen LogP contribution in [0.15, 0.2) is 22.7 Å². The minimum atomic E-state index is -0.0697. The van der Waals surface area contributed by atoms with Gasteiger partial charge in [0.2, 0.25) is 0 Å². The van der Waals surface area contributed by atoms with Crippen LogP contribution in [0.4, 0.5) is 5.69 Å². The highest BCUT2D eigenvalue weighted by Gasteiger charge is 2.16. The van der Waals surface area contributed by atoms with Crippen LogP contribution in [0.5, 0.6) is 0 Å². The summed E-state index contributed by atoms with van der Waals surface area (Å²) in [6, 6.07) is 5.41. The van der Waals surface area contributed by atoms with Crippen molar-refractivity contribution in [2.75, 3.05) is 25.4 Å².